The third-order valence-electron chi connectivity index (χ3n) is 4.04. The normalized spacial score (nSPS) is 12.0. The average Bonchev–Trinajstić information content (AvgIpc) is 2.74. The Morgan fingerprint density at radius 2 is 1.59 bits per heavy atom. The number of nitro groups is 1. The molecule has 0 amide bonds. The molecule has 0 saturated heterocycles. The van der Waals surface area contributed by atoms with Gasteiger partial charge in [0.15, 0.2) is 11.5 Å². The minimum absolute atomic E-state index is 0.0522. The van der Waals surface area contributed by atoms with E-state index in [9.17, 15) is 32.8 Å². The number of benzene rings is 2. The van der Waals surface area contributed by atoms with Crippen LogP contribution in [0, 0.1) is 10.1 Å². The number of hydrogen-bond acceptors (Lipinski definition) is 7. The summed E-state index contributed by atoms with van der Waals surface area (Å²) in [6.07, 6.45) is -0.135. The number of nitro benzene ring substituents is 1. The van der Waals surface area contributed by atoms with E-state index in [2.05, 4.69) is 14.5 Å². The van der Waals surface area contributed by atoms with Crippen LogP contribution in [0.3, 0.4) is 0 Å². The zero-order valence-corrected chi connectivity index (χ0v) is 15.9. The highest BCUT2D eigenvalue weighted by atomic mass is 19.3. The molecule has 1 N–H and O–H groups in total. The molecule has 2 aromatic carbocycles. The summed E-state index contributed by atoms with van der Waals surface area (Å²) in [7, 11) is 0. The molecular weight excluding hydrogens is 440 g/mol. The predicted octanol–water partition coefficient (Wildman–Crippen LogP) is 5.07. The van der Waals surface area contributed by atoms with Crippen molar-refractivity contribution in [2.45, 2.75) is 19.3 Å². The summed E-state index contributed by atoms with van der Waals surface area (Å²) in [6, 6.07) is 11.3. The van der Waals surface area contributed by atoms with Crippen LogP contribution < -0.4 is 14.2 Å². The molecule has 0 saturated carbocycles. The van der Waals surface area contributed by atoms with Crippen LogP contribution >= 0.6 is 0 Å². The lowest BCUT2D eigenvalue weighted by molar-refractivity contribution is -0.384. The molecule has 8 nitrogen and oxygen atoms in total. The summed E-state index contributed by atoms with van der Waals surface area (Å²) >= 11 is 0. The smallest absolute Gasteiger partial charge is 0.387 e. The Balaban J connectivity index is 1.78. The largest absolute Gasteiger partial charge is 0.439 e. The fourth-order valence-electron chi connectivity index (χ4n) is 2.66. The predicted molar refractivity (Wildman–Crippen MR) is 101 cm³/mol. The third kappa shape index (κ3) is 5.82. The number of non-ortho nitro benzene ring substituents is 1. The van der Waals surface area contributed by atoms with Crippen LogP contribution in [0.2, 0.25) is 0 Å². The molecule has 0 aliphatic carbocycles. The number of halogens is 4. The topological polar surface area (TPSA) is 104 Å². The van der Waals surface area contributed by atoms with Crippen molar-refractivity contribution in [1.29, 1.82) is 0 Å². The fraction of sp³-hybridized carbons (Fsp3) is 0.150. The quantitative estimate of drug-likeness (QED) is 0.274. The fourth-order valence-corrected chi connectivity index (χ4v) is 2.66. The van der Waals surface area contributed by atoms with Crippen molar-refractivity contribution in [1.82, 2.24) is 4.98 Å². The van der Waals surface area contributed by atoms with E-state index < -0.39 is 35.7 Å². The van der Waals surface area contributed by atoms with Crippen molar-refractivity contribution >= 4 is 5.69 Å². The van der Waals surface area contributed by atoms with Gasteiger partial charge in [-0.25, -0.2) is 4.98 Å². The van der Waals surface area contributed by atoms with Crippen LogP contribution in [0.5, 0.6) is 23.1 Å². The number of alkyl halides is 4. The summed E-state index contributed by atoms with van der Waals surface area (Å²) in [6.45, 7) is -6.55. The Labute approximate surface area is 177 Å². The van der Waals surface area contributed by atoms with E-state index in [0.717, 1.165) is 12.1 Å². The van der Waals surface area contributed by atoms with E-state index in [4.69, 9.17) is 4.74 Å². The molecule has 1 atom stereocenters. The molecule has 0 spiro atoms. The van der Waals surface area contributed by atoms with Gasteiger partial charge < -0.3 is 19.3 Å². The molecule has 1 unspecified atom stereocenters. The zero-order valence-electron chi connectivity index (χ0n) is 15.9. The highest BCUT2D eigenvalue weighted by Gasteiger charge is 2.19. The summed E-state index contributed by atoms with van der Waals surface area (Å²) in [5.74, 6) is -1.04. The Kier molecular flexibility index (Phi) is 7.05. The van der Waals surface area contributed by atoms with Gasteiger partial charge in [0.25, 0.3) is 5.69 Å². The first kappa shape index (κ1) is 22.7. The van der Waals surface area contributed by atoms with Crippen LogP contribution in [0.25, 0.3) is 0 Å². The molecule has 32 heavy (non-hydrogen) atoms. The maximum absolute atomic E-state index is 12.6. The van der Waals surface area contributed by atoms with Crippen LogP contribution in [0.4, 0.5) is 23.2 Å². The number of nitrogens with zero attached hydrogens (tertiary/aromatic N) is 2. The minimum atomic E-state index is -3.30. The van der Waals surface area contributed by atoms with Gasteiger partial charge in [0.05, 0.1) is 11.0 Å². The highest BCUT2D eigenvalue weighted by molar-refractivity contribution is 5.45. The second-order valence-corrected chi connectivity index (χ2v) is 6.15. The molecule has 168 valence electrons. The van der Waals surface area contributed by atoms with Gasteiger partial charge in [-0.2, -0.15) is 17.6 Å². The van der Waals surface area contributed by atoms with Crippen molar-refractivity contribution < 1.29 is 41.8 Å². The van der Waals surface area contributed by atoms with Gasteiger partial charge in [0.2, 0.25) is 5.88 Å². The van der Waals surface area contributed by atoms with E-state index in [0.29, 0.717) is 0 Å². The Hall–Kier alpha value is -3.93. The second-order valence-electron chi connectivity index (χ2n) is 6.15. The van der Waals surface area contributed by atoms with Gasteiger partial charge in [-0.05, 0) is 29.8 Å². The number of hydrogen-bond donors (Lipinski definition) is 1. The summed E-state index contributed by atoms with van der Waals surface area (Å²) in [5.41, 5.74) is 0.106. The van der Waals surface area contributed by atoms with Gasteiger partial charge in [0, 0.05) is 23.9 Å². The first-order valence-electron chi connectivity index (χ1n) is 8.83. The number of aromatic nitrogens is 1. The molecule has 3 aromatic rings. The number of ether oxygens (including phenoxy) is 3. The lowest BCUT2D eigenvalue weighted by Crippen LogP contribution is -2.09. The number of pyridine rings is 1. The van der Waals surface area contributed by atoms with Gasteiger partial charge in [-0.15, -0.1) is 0 Å². The SMILES string of the molecule is O=[N+]([O-])c1cccc(Oc2ccc(C(O)c3ccc(OC(F)F)c(OC(F)F)c3)cn2)c1. The van der Waals surface area contributed by atoms with Gasteiger partial charge >= 0.3 is 13.2 Å². The van der Waals surface area contributed by atoms with E-state index in [-0.39, 0.29) is 28.4 Å². The first-order chi connectivity index (χ1) is 15.2. The van der Waals surface area contributed by atoms with Gasteiger partial charge in [0.1, 0.15) is 11.9 Å². The zero-order chi connectivity index (χ0) is 23.3. The minimum Gasteiger partial charge on any atom is -0.439 e. The molecule has 0 aliphatic heterocycles. The number of aliphatic hydroxyl groups excluding tert-OH is 1. The summed E-state index contributed by atoms with van der Waals surface area (Å²) in [5, 5.41) is 21.3. The van der Waals surface area contributed by atoms with Crippen molar-refractivity contribution in [3.05, 3.63) is 82.0 Å². The van der Waals surface area contributed by atoms with E-state index in [1.165, 1.54) is 48.7 Å². The molecule has 1 heterocycles. The summed E-state index contributed by atoms with van der Waals surface area (Å²) in [4.78, 5) is 14.2. The third-order valence-corrected chi connectivity index (χ3v) is 4.04. The van der Waals surface area contributed by atoms with Crippen molar-refractivity contribution in [2.75, 3.05) is 0 Å². The number of aliphatic hydroxyl groups is 1. The van der Waals surface area contributed by atoms with Crippen molar-refractivity contribution in [3.8, 4) is 23.1 Å². The van der Waals surface area contributed by atoms with Crippen LogP contribution in [0.1, 0.15) is 17.2 Å². The molecule has 0 bridgehead atoms. The first-order valence-corrected chi connectivity index (χ1v) is 8.83. The van der Waals surface area contributed by atoms with E-state index in [1.807, 2.05) is 0 Å². The molecular formula is C20H14F4N2O6. The Morgan fingerprint density at radius 1 is 0.906 bits per heavy atom. The lowest BCUT2D eigenvalue weighted by atomic mass is 10.0. The molecule has 3 rings (SSSR count). The molecule has 0 aliphatic rings. The molecule has 0 radical (unpaired) electrons. The average molecular weight is 454 g/mol. The van der Waals surface area contributed by atoms with Crippen LogP contribution in [-0.4, -0.2) is 28.2 Å². The second kappa shape index (κ2) is 9.92. The van der Waals surface area contributed by atoms with Gasteiger partial charge in [-0.1, -0.05) is 12.1 Å². The Morgan fingerprint density at radius 3 is 2.22 bits per heavy atom. The molecule has 1 aromatic heterocycles. The molecule has 0 fully saturated rings. The van der Waals surface area contributed by atoms with Crippen LogP contribution in [0.15, 0.2) is 60.8 Å². The number of rotatable bonds is 9. The van der Waals surface area contributed by atoms with Gasteiger partial charge in [-0.3, -0.25) is 10.1 Å². The monoisotopic (exact) mass is 454 g/mol. The Bertz CT molecular complexity index is 1080. The lowest BCUT2D eigenvalue weighted by Gasteiger charge is -2.16. The highest BCUT2D eigenvalue weighted by Crippen LogP contribution is 2.35. The van der Waals surface area contributed by atoms with E-state index in [1.54, 1.807) is 0 Å². The molecule has 12 heteroatoms. The standard InChI is InChI=1S/C20H14F4N2O6/c21-19(22)31-15-6-4-11(8-16(15)32-20(23)24)18(27)12-5-7-17(25-10-12)30-14-3-1-2-13(9-14)26(28)29/h1-10,18-20,27H. The van der Waals surface area contributed by atoms with Crippen molar-refractivity contribution in [2.24, 2.45) is 0 Å². The summed E-state index contributed by atoms with van der Waals surface area (Å²) < 4.78 is 63.9. The maximum Gasteiger partial charge on any atom is 0.387 e. The van der Waals surface area contributed by atoms with Crippen molar-refractivity contribution in [3.63, 3.8) is 0 Å². The van der Waals surface area contributed by atoms with E-state index >= 15 is 0 Å². The van der Waals surface area contributed by atoms with Crippen LogP contribution in [-0.2, 0) is 0 Å². The maximum atomic E-state index is 12.6.